The number of fused-ring (bicyclic) bond motifs is 2. The van der Waals surface area contributed by atoms with Crippen LogP contribution in [0.25, 0.3) is 10.9 Å². The lowest BCUT2D eigenvalue weighted by atomic mass is 9.49. The summed E-state index contributed by atoms with van der Waals surface area (Å²) in [4.78, 5) is 58.0. The van der Waals surface area contributed by atoms with Gasteiger partial charge in [-0.2, -0.15) is 0 Å². The van der Waals surface area contributed by atoms with Gasteiger partial charge in [-0.3, -0.25) is 19.2 Å². The Kier molecular flexibility index (Phi) is 7.78. The molecule has 3 atom stereocenters. The lowest BCUT2D eigenvalue weighted by Crippen LogP contribution is -2.57. The Morgan fingerprint density at radius 1 is 0.725 bits per heavy atom. The summed E-state index contributed by atoms with van der Waals surface area (Å²) in [6.45, 7) is 0.0744. The van der Waals surface area contributed by atoms with Gasteiger partial charge in [-0.15, -0.1) is 0 Å². The van der Waals surface area contributed by atoms with Gasteiger partial charge in [-0.25, -0.2) is 0 Å². The van der Waals surface area contributed by atoms with Crippen LogP contribution in [0.3, 0.4) is 0 Å². The number of aliphatic carboxylic acids is 1. The molecular formula is C42H44N4O5. The molecule has 0 spiro atoms. The highest BCUT2D eigenvalue weighted by Gasteiger charge is 2.56. The first-order valence-corrected chi connectivity index (χ1v) is 18.6. The summed E-state index contributed by atoms with van der Waals surface area (Å²) in [6.07, 6.45) is 9.48. The number of hydrogen-bond donors (Lipinski definition) is 5. The fraction of sp³-hybridized carbons (Fsp3) is 0.429. The molecule has 4 aromatic rings. The van der Waals surface area contributed by atoms with Crippen LogP contribution in [0.15, 0.2) is 79.0 Å². The molecule has 3 amide bonds. The highest BCUT2D eigenvalue weighted by molar-refractivity contribution is 5.96. The lowest BCUT2D eigenvalue weighted by Gasteiger charge is -2.57. The number of para-hydroxylation sites is 1. The predicted octanol–water partition coefficient (Wildman–Crippen LogP) is 5.25. The van der Waals surface area contributed by atoms with Gasteiger partial charge in [0.2, 0.25) is 17.7 Å². The molecule has 3 aromatic carbocycles. The van der Waals surface area contributed by atoms with E-state index in [0.29, 0.717) is 6.54 Å². The SMILES string of the molecule is O=C(O)CNC(=O)[C@H](Cc1c[nH]c2ccccc12)NC(=O)C1C2c3ccccc3C(c3ccccc32)C1C(=O)NCC12CC3CC(CC(C3)C1)C2. The van der Waals surface area contributed by atoms with Gasteiger partial charge in [0.1, 0.15) is 12.6 Å². The minimum Gasteiger partial charge on any atom is -0.480 e. The van der Waals surface area contributed by atoms with Crippen LogP contribution in [0.5, 0.6) is 0 Å². The normalized spacial score (nSPS) is 29.9. The molecule has 2 unspecified atom stereocenters. The molecule has 1 heterocycles. The third kappa shape index (κ3) is 5.52. The minimum absolute atomic E-state index is 0.103. The number of hydrogen-bond acceptors (Lipinski definition) is 4. The van der Waals surface area contributed by atoms with Crippen molar-refractivity contribution in [2.75, 3.05) is 13.1 Å². The second-order valence-electron chi connectivity index (χ2n) is 16.1. The fourth-order valence-corrected chi connectivity index (χ4v) is 11.5. The van der Waals surface area contributed by atoms with E-state index in [0.717, 1.165) is 56.5 Å². The minimum atomic E-state index is -1.17. The van der Waals surface area contributed by atoms with E-state index >= 15 is 0 Å². The van der Waals surface area contributed by atoms with Gasteiger partial charge in [0.15, 0.2) is 0 Å². The maximum Gasteiger partial charge on any atom is 0.322 e. The summed E-state index contributed by atoms with van der Waals surface area (Å²) < 4.78 is 0. The molecule has 6 bridgehead atoms. The molecule has 4 saturated carbocycles. The topological polar surface area (TPSA) is 140 Å². The van der Waals surface area contributed by atoms with Crippen molar-refractivity contribution in [1.29, 1.82) is 0 Å². The number of rotatable bonds is 10. The van der Waals surface area contributed by atoms with Crippen LogP contribution >= 0.6 is 0 Å². The maximum absolute atomic E-state index is 14.9. The van der Waals surface area contributed by atoms with Crippen molar-refractivity contribution in [2.24, 2.45) is 35.0 Å². The van der Waals surface area contributed by atoms with E-state index in [1.54, 1.807) is 0 Å². The van der Waals surface area contributed by atoms with Crippen LogP contribution in [0, 0.1) is 35.0 Å². The number of amides is 3. The molecule has 7 aliphatic carbocycles. The van der Waals surface area contributed by atoms with Crippen molar-refractivity contribution in [2.45, 2.75) is 62.8 Å². The van der Waals surface area contributed by atoms with Crippen molar-refractivity contribution < 1.29 is 24.3 Å². The van der Waals surface area contributed by atoms with E-state index in [1.807, 2.05) is 54.7 Å². The molecule has 0 saturated heterocycles. The standard InChI is InChI=1S/C42H44N4O5/c47-34(48)21-44-39(49)33(16-26-20-43-32-12-6-5-7-27(26)32)46-41(51)38-36-30-10-3-1-8-28(30)35(29-9-2-4-11-31(29)36)37(38)40(50)45-22-42-17-23-13-24(18-42)15-25(14-23)19-42/h1-12,20,23-25,33,35-38,43H,13-19,21-22H2,(H,44,49)(H,45,50)(H,46,51)(H,47,48)/t23?,24?,25?,33-,35?,36?,37?,38?,42?/m0/s1. The first-order valence-electron chi connectivity index (χ1n) is 18.6. The first-order chi connectivity index (χ1) is 24.8. The molecule has 7 aliphatic rings. The number of carbonyl (C=O) groups is 4. The second-order valence-corrected chi connectivity index (χ2v) is 16.1. The van der Waals surface area contributed by atoms with Gasteiger partial charge in [0.25, 0.3) is 0 Å². The van der Waals surface area contributed by atoms with Crippen molar-refractivity contribution in [3.05, 3.63) is 107 Å². The van der Waals surface area contributed by atoms with Crippen LogP contribution < -0.4 is 16.0 Å². The number of benzene rings is 3. The number of carbonyl (C=O) groups excluding carboxylic acids is 3. The zero-order chi connectivity index (χ0) is 34.9. The largest absolute Gasteiger partial charge is 0.480 e. The third-order valence-corrected chi connectivity index (χ3v) is 13.0. The Morgan fingerprint density at radius 2 is 1.25 bits per heavy atom. The number of carboxylic acids is 1. The summed E-state index contributed by atoms with van der Waals surface area (Å²) in [5.41, 5.74) is 6.09. The van der Waals surface area contributed by atoms with E-state index in [4.69, 9.17) is 0 Å². The Morgan fingerprint density at radius 3 is 1.82 bits per heavy atom. The number of aromatic amines is 1. The molecule has 262 valence electrons. The molecule has 1 aromatic heterocycles. The lowest BCUT2D eigenvalue weighted by molar-refractivity contribution is -0.140. The molecule has 4 fully saturated rings. The predicted molar refractivity (Wildman–Crippen MR) is 192 cm³/mol. The molecular weight excluding hydrogens is 640 g/mol. The zero-order valence-electron chi connectivity index (χ0n) is 28.6. The van der Waals surface area contributed by atoms with E-state index in [-0.39, 0.29) is 35.5 Å². The molecule has 51 heavy (non-hydrogen) atoms. The highest BCUT2D eigenvalue weighted by Crippen LogP contribution is 2.61. The number of H-pyrrole nitrogens is 1. The first kappa shape index (κ1) is 32.0. The van der Waals surface area contributed by atoms with Crippen LogP contribution in [-0.2, 0) is 25.6 Å². The summed E-state index contributed by atoms with van der Waals surface area (Å²) in [5.74, 6) is -2.09. The number of aromatic nitrogens is 1. The Hall–Kier alpha value is -4.92. The van der Waals surface area contributed by atoms with Crippen molar-refractivity contribution >= 4 is 34.6 Å². The second kappa shape index (κ2) is 12.4. The average Bonchev–Trinajstić information content (AvgIpc) is 3.54. The fourth-order valence-electron chi connectivity index (χ4n) is 11.5. The maximum atomic E-state index is 14.9. The van der Waals surface area contributed by atoms with Gasteiger partial charge in [-0.1, -0.05) is 66.7 Å². The highest BCUT2D eigenvalue weighted by atomic mass is 16.4. The number of carboxylic acid groups (broad SMARTS) is 1. The van der Waals surface area contributed by atoms with Crippen molar-refractivity contribution in [3.8, 4) is 0 Å². The van der Waals surface area contributed by atoms with E-state index in [9.17, 15) is 24.3 Å². The quantitative estimate of drug-likeness (QED) is 0.155. The van der Waals surface area contributed by atoms with Crippen molar-refractivity contribution in [3.63, 3.8) is 0 Å². The Balaban J connectivity index is 1.06. The summed E-state index contributed by atoms with van der Waals surface area (Å²) in [5, 5.41) is 19.3. The summed E-state index contributed by atoms with van der Waals surface area (Å²) >= 11 is 0. The summed E-state index contributed by atoms with van der Waals surface area (Å²) in [7, 11) is 0. The number of nitrogens with one attached hydrogen (secondary N) is 4. The van der Waals surface area contributed by atoms with Gasteiger partial charge < -0.3 is 26.0 Å². The van der Waals surface area contributed by atoms with E-state index < -0.39 is 36.3 Å². The Labute approximate surface area is 297 Å². The van der Waals surface area contributed by atoms with Crippen LogP contribution in [0.2, 0.25) is 0 Å². The smallest absolute Gasteiger partial charge is 0.322 e. The molecule has 9 heteroatoms. The van der Waals surface area contributed by atoms with Gasteiger partial charge in [-0.05, 0) is 95.6 Å². The molecule has 0 aliphatic heterocycles. The summed E-state index contributed by atoms with van der Waals surface area (Å²) in [6, 6.07) is 23.0. The van der Waals surface area contributed by atoms with Gasteiger partial charge in [0, 0.05) is 41.9 Å². The van der Waals surface area contributed by atoms with E-state index in [2.05, 4.69) is 45.2 Å². The van der Waals surface area contributed by atoms with Gasteiger partial charge in [0.05, 0.1) is 11.8 Å². The van der Waals surface area contributed by atoms with Crippen LogP contribution in [0.1, 0.15) is 78.2 Å². The molecule has 9 nitrogen and oxygen atoms in total. The zero-order valence-corrected chi connectivity index (χ0v) is 28.6. The average molecular weight is 685 g/mol. The van der Waals surface area contributed by atoms with Crippen molar-refractivity contribution in [1.82, 2.24) is 20.9 Å². The van der Waals surface area contributed by atoms with E-state index in [1.165, 1.54) is 38.5 Å². The van der Waals surface area contributed by atoms with Gasteiger partial charge >= 0.3 is 5.97 Å². The van der Waals surface area contributed by atoms with Crippen LogP contribution in [0.4, 0.5) is 0 Å². The Bertz CT molecular complexity index is 1970. The molecule has 11 rings (SSSR count). The third-order valence-electron chi connectivity index (χ3n) is 13.0. The molecule has 5 N–H and O–H groups in total. The van der Waals surface area contributed by atoms with Crippen LogP contribution in [-0.4, -0.2) is 52.9 Å². The molecule has 0 radical (unpaired) electrons. The monoisotopic (exact) mass is 684 g/mol.